The van der Waals surface area contributed by atoms with Crippen molar-refractivity contribution in [1.29, 1.82) is 0 Å². The monoisotopic (exact) mass is 520 g/mol. The Bertz CT molecular complexity index is 1080. The van der Waals surface area contributed by atoms with Crippen molar-refractivity contribution in [2.24, 2.45) is 0 Å². The Morgan fingerprint density at radius 2 is 1.89 bits per heavy atom. The summed E-state index contributed by atoms with van der Waals surface area (Å²) in [4.78, 5) is 28.1. The summed E-state index contributed by atoms with van der Waals surface area (Å²) in [5.41, 5.74) is 3.83. The van der Waals surface area contributed by atoms with Gasteiger partial charge in [-0.05, 0) is 79.9 Å². The molecule has 37 heavy (non-hydrogen) atoms. The van der Waals surface area contributed by atoms with E-state index in [0.717, 1.165) is 49.0 Å². The Kier molecular flexibility index (Phi) is 10.1. The maximum atomic E-state index is 13.5. The Hall–Kier alpha value is -2.73. The Labute approximate surface area is 226 Å². The van der Waals surface area contributed by atoms with Gasteiger partial charge in [0.2, 0.25) is 0 Å². The second-order valence-corrected chi connectivity index (χ2v) is 11.4. The largest absolute Gasteiger partial charge is 0.482 e. The average Bonchev–Trinajstić information content (AvgIpc) is 2.91. The van der Waals surface area contributed by atoms with Crippen molar-refractivity contribution >= 4 is 29.7 Å². The standard InChI is InChI=1S/C31H40N2O3S/c1-3-4-18-37-19-8-17-32-30(34)26-15-13-24(14-16-26)21-29-31(35)33(22-25-10-7-9-23(2)20-25)27-11-5-6-12-28(27)36-29/h7,9-10,13-16,20-21,27-28H,3-6,8,11-12,17-19,22H2,1-2H3,(H,32,34)/b29-21+. The van der Waals surface area contributed by atoms with Gasteiger partial charge in [0.15, 0.2) is 5.76 Å². The SMILES string of the molecule is CCCCSCCCNC(=O)c1ccc(/C=C2/OC3CCCCC3N(Cc3cccc(C)c3)C2=O)cc1. The number of unbranched alkanes of at least 4 members (excludes halogenated alkanes) is 1. The van der Waals surface area contributed by atoms with E-state index < -0.39 is 0 Å². The van der Waals surface area contributed by atoms with E-state index in [0.29, 0.717) is 24.4 Å². The van der Waals surface area contributed by atoms with E-state index in [-0.39, 0.29) is 24.0 Å². The van der Waals surface area contributed by atoms with E-state index in [1.807, 2.05) is 47.0 Å². The summed E-state index contributed by atoms with van der Waals surface area (Å²) in [5.74, 6) is 2.55. The molecule has 1 aliphatic carbocycles. The molecular formula is C31H40N2O3S. The predicted molar refractivity (Wildman–Crippen MR) is 152 cm³/mol. The third-order valence-electron chi connectivity index (χ3n) is 7.12. The van der Waals surface area contributed by atoms with Crippen LogP contribution in [-0.4, -0.2) is 46.9 Å². The Morgan fingerprint density at radius 1 is 1.11 bits per heavy atom. The van der Waals surface area contributed by atoms with Gasteiger partial charge in [-0.1, -0.05) is 61.7 Å². The van der Waals surface area contributed by atoms with Crippen LogP contribution in [0.4, 0.5) is 0 Å². The number of rotatable bonds is 11. The molecule has 2 unspecified atom stereocenters. The lowest BCUT2D eigenvalue weighted by molar-refractivity contribution is -0.149. The molecule has 198 valence electrons. The van der Waals surface area contributed by atoms with Gasteiger partial charge in [-0.25, -0.2) is 0 Å². The van der Waals surface area contributed by atoms with E-state index in [2.05, 4.69) is 43.4 Å². The lowest BCUT2D eigenvalue weighted by Gasteiger charge is -2.44. The number of carbonyl (C=O) groups excluding carboxylic acids is 2. The summed E-state index contributed by atoms with van der Waals surface area (Å²) in [6.45, 7) is 5.57. The smallest absolute Gasteiger partial charge is 0.289 e. The van der Waals surface area contributed by atoms with Crippen LogP contribution in [0.25, 0.3) is 6.08 Å². The molecule has 1 saturated heterocycles. The number of nitrogens with zero attached hydrogens (tertiary/aromatic N) is 1. The average molecular weight is 521 g/mol. The number of thioether (sulfide) groups is 1. The van der Waals surface area contributed by atoms with E-state index >= 15 is 0 Å². The molecule has 2 fully saturated rings. The fraction of sp³-hybridized carbons (Fsp3) is 0.484. The zero-order chi connectivity index (χ0) is 26.0. The molecule has 2 aliphatic rings. The van der Waals surface area contributed by atoms with Crippen molar-refractivity contribution in [1.82, 2.24) is 10.2 Å². The third-order valence-corrected chi connectivity index (χ3v) is 8.27. The van der Waals surface area contributed by atoms with Crippen LogP contribution in [0.5, 0.6) is 0 Å². The van der Waals surface area contributed by atoms with Crippen molar-refractivity contribution in [2.75, 3.05) is 18.1 Å². The van der Waals surface area contributed by atoms with E-state index in [1.165, 1.54) is 24.2 Å². The number of carbonyl (C=O) groups is 2. The topological polar surface area (TPSA) is 58.6 Å². The van der Waals surface area contributed by atoms with Gasteiger partial charge in [0.25, 0.3) is 11.8 Å². The molecule has 2 atom stereocenters. The number of fused-ring (bicyclic) bond motifs is 1. The normalized spacial score (nSPS) is 20.4. The van der Waals surface area contributed by atoms with Crippen molar-refractivity contribution in [3.8, 4) is 0 Å². The summed E-state index contributed by atoms with van der Waals surface area (Å²) >= 11 is 1.95. The van der Waals surface area contributed by atoms with E-state index in [1.54, 1.807) is 0 Å². The minimum Gasteiger partial charge on any atom is -0.482 e. The fourth-order valence-electron chi connectivity index (χ4n) is 5.08. The van der Waals surface area contributed by atoms with Gasteiger partial charge < -0.3 is 15.0 Å². The van der Waals surface area contributed by atoms with Gasteiger partial charge in [0.05, 0.1) is 6.04 Å². The molecule has 6 heteroatoms. The summed E-state index contributed by atoms with van der Waals surface area (Å²) in [6.07, 6.45) is 9.52. The number of hydrogen-bond acceptors (Lipinski definition) is 4. The minimum absolute atomic E-state index is 0.0349. The first kappa shape index (κ1) is 27.3. The molecule has 4 rings (SSSR count). The third kappa shape index (κ3) is 7.64. The van der Waals surface area contributed by atoms with Crippen LogP contribution in [0.1, 0.15) is 78.9 Å². The lowest BCUT2D eigenvalue weighted by atomic mass is 9.89. The van der Waals surface area contributed by atoms with Crippen LogP contribution in [0.2, 0.25) is 0 Å². The molecule has 5 nitrogen and oxygen atoms in total. The zero-order valence-corrected chi connectivity index (χ0v) is 23.0. The Morgan fingerprint density at radius 3 is 2.68 bits per heavy atom. The molecule has 1 saturated carbocycles. The highest BCUT2D eigenvalue weighted by Gasteiger charge is 2.41. The molecule has 2 aromatic carbocycles. The van der Waals surface area contributed by atoms with Crippen molar-refractivity contribution in [2.45, 2.75) is 77.5 Å². The van der Waals surface area contributed by atoms with Crippen LogP contribution >= 0.6 is 11.8 Å². The Balaban J connectivity index is 1.39. The van der Waals surface area contributed by atoms with Crippen LogP contribution in [0.15, 0.2) is 54.3 Å². The highest BCUT2D eigenvalue weighted by atomic mass is 32.2. The maximum absolute atomic E-state index is 13.5. The summed E-state index contributed by atoms with van der Waals surface area (Å²) < 4.78 is 6.27. The quantitative estimate of drug-likeness (QED) is 0.277. The van der Waals surface area contributed by atoms with Gasteiger partial charge in [-0.15, -0.1) is 0 Å². The second kappa shape index (κ2) is 13.7. The van der Waals surface area contributed by atoms with Gasteiger partial charge in [-0.2, -0.15) is 11.8 Å². The van der Waals surface area contributed by atoms with Crippen molar-refractivity contribution < 1.29 is 14.3 Å². The highest BCUT2D eigenvalue weighted by molar-refractivity contribution is 7.99. The summed E-state index contributed by atoms with van der Waals surface area (Å²) in [7, 11) is 0. The number of ether oxygens (including phenoxy) is 1. The van der Waals surface area contributed by atoms with Gasteiger partial charge in [0, 0.05) is 18.7 Å². The van der Waals surface area contributed by atoms with Crippen molar-refractivity contribution in [3.05, 3.63) is 76.5 Å². The molecule has 0 radical (unpaired) electrons. The molecule has 0 aromatic heterocycles. The van der Waals surface area contributed by atoms with Crippen molar-refractivity contribution in [3.63, 3.8) is 0 Å². The zero-order valence-electron chi connectivity index (χ0n) is 22.2. The predicted octanol–water partition coefficient (Wildman–Crippen LogP) is 6.36. The highest BCUT2D eigenvalue weighted by Crippen LogP contribution is 2.34. The minimum atomic E-state index is -0.0582. The maximum Gasteiger partial charge on any atom is 0.289 e. The number of hydrogen-bond donors (Lipinski definition) is 1. The molecule has 1 heterocycles. The molecule has 2 aromatic rings. The molecule has 1 aliphatic heterocycles. The van der Waals surface area contributed by atoms with Crippen LogP contribution in [-0.2, 0) is 16.1 Å². The fourth-order valence-corrected chi connectivity index (χ4v) is 6.12. The van der Waals surface area contributed by atoms with Gasteiger partial charge in [-0.3, -0.25) is 9.59 Å². The summed E-state index contributed by atoms with van der Waals surface area (Å²) in [6, 6.07) is 15.9. The van der Waals surface area contributed by atoms with Crippen LogP contribution in [0, 0.1) is 6.92 Å². The number of amides is 2. The first-order chi connectivity index (χ1) is 18.0. The first-order valence-electron chi connectivity index (χ1n) is 13.8. The van der Waals surface area contributed by atoms with Crippen LogP contribution < -0.4 is 5.32 Å². The number of aryl methyl sites for hydroxylation is 1. The van der Waals surface area contributed by atoms with E-state index in [9.17, 15) is 9.59 Å². The van der Waals surface area contributed by atoms with Gasteiger partial charge >= 0.3 is 0 Å². The molecule has 2 amide bonds. The van der Waals surface area contributed by atoms with Gasteiger partial charge in [0.1, 0.15) is 6.10 Å². The molecular weight excluding hydrogens is 480 g/mol. The molecule has 0 bridgehead atoms. The lowest BCUT2D eigenvalue weighted by Crippen LogP contribution is -2.54. The molecule has 1 N–H and O–H groups in total. The first-order valence-corrected chi connectivity index (χ1v) is 14.9. The number of morpholine rings is 1. The summed E-state index contributed by atoms with van der Waals surface area (Å²) in [5, 5.41) is 3.01. The second-order valence-electron chi connectivity index (χ2n) is 10.1. The van der Waals surface area contributed by atoms with Crippen LogP contribution in [0.3, 0.4) is 0 Å². The van der Waals surface area contributed by atoms with E-state index in [4.69, 9.17) is 4.74 Å². The number of benzene rings is 2. The number of nitrogens with one attached hydrogen (secondary N) is 1. The molecule has 0 spiro atoms.